The summed E-state index contributed by atoms with van der Waals surface area (Å²) in [7, 11) is 4.41. The predicted octanol–water partition coefficient (Wildman–Crippen LogP) is 3.77. The van der Waals surface area contributed by atoms with Crippen LogP contribution in [0.5, 0.6) is 0 Å². The summed E-state index contributed by atoms with van der Waals surface area (Å²) >= 11 is 0. The van der Waals surface area contributed by atoms with E-state index in [0.29, 0.717) is 6.04 Å². The zero-order chi connectivity index (χ0) is 14.4. The van der Waals surface area contributed by atoms with E-state index >= 15 is 0 Å². The van der Waals surface area contributed by atoms with Crippen LogP contribution in [0.3, 0.4) is 0 Å². The van der Waals surface area contributed by atoms with Gasteiger partial charge in [-0.25, -0.2) is 0 Å². The molecular formula is C17H36N2. The minimum atomic E-state index is 0.657. The highest BCUT2D eigenvalue weighted by Crippen LogP contribution is 2.28. The summed E-state index contributed by atoms with van der Waals surface area (Å²) in [5.74, 6) is 2.54. The topological polar surface area (TPSA) is 15.3 Å². The second kappa shape index (κ2) is 8.26. The lowest BCUT2D eigenvalue weighted by Gasteiger charge is -2.30. The van der Waals surface area contributed by atoms with Crippen molar-refractivity contribution < 1.29 is 0 Å². The Morgan fingerprint density at radius 1 is 1.00 bits per heavy atom. The van der Waals surface area contributed by atoms with E-state index in [1.165, 1.54) is 32.1 Å². The Labute approximate surface area is 121 Å². The van der Waals surface area contributed by atoms with E-state index in [-0.39, 0.29) is 0 Å². The van der Waals surface area contributed by atoms with E-state index in [0.717, 1.165) is 30.3 Å². The van der Waals surface area contributed by atoms with E-state index < -0.39 is 0 Å². The van der Waals surface area contributed by atoms with Crippen LogP contribution in [-0.4, -0.2) is 37.6 Å². The van der Waals surface area contributed by atoms with E-state index in [4.69, 9.17) is 0 Å². The fourth-order valence-electron chi connectivity index (χ4n) is 3.50. The lowest BCUT2D eigenvalue weighted by Crippen LogP contribution is -2.44. The molecule has 0 radical (unpaired) electrons. The number of rotatable bonds is 6. The van der Waals surface area contributed by atoms with Crippen molar-refractivity contribution in [2.45, 2.75) is 71.9 Å². The summed E-state index contributed by atoms with van der Waals surface area (Å²) in [6.45, 7) is 10.6. The van der Waals surface area contributed by atoms with Gasteiger partial charge in [0, 0.05) is 18.6 Å². The molecule has 1 aliphatic rings. The molecule has 1 N–H and O–H groups in total. The standard InChI is InChI=1S/C17H36N2/c1-13(2)15-8-7-9-16(11-10-15)18-12-17(14(3)4)19(5)6/h13-18H,7-12H2,1-6H3. The van der Waals surface area contributed by atoms with Gasteiger partial charge >= 0.3 is 0 Å². The molecule has 1 aliphatic carbocycles. The first-order valence-electron chi connectivity index (χ1n) is 8.31. The Hall–Kier alpha value is -0.0800. The third kappa shape index (κ3) is 5.83. The second-order valence-electron chi connectivity index (χ2n) is 7.39. The van der Waals surface area contributed by atoms with Crippen LogP contribution in [0.2, 0.25) is 0 Å². The van der Waals surface area contributed by atoms with Crippen LogP contribution >= 0.6 is 0 Å². The van der Waals surface area contributed by atoms with Gasteiger partial charge in [0.15, 0.2) is 0 Å². The molecule has 0 heterocycles. The normalized spacial score (nSPS) is 27.0. The average molecular weight is 268 g/mol. The molecule has 0 aromatic heterocycles. The first kappa shape index (κ1) is 17.0. The highest BCUT2D eigenvalue weighted by atomic mass is 15.1. The molecule has 0 aromatic carbocycles. The van der Waals surface area contributed by atoms with Gasteiger partial charge in [-0.2, -0.15) is 0 Å². The quantitative estimate of drug-likeness (QED) is 0.738. The number of likely N-dealkylation sites (N-methyl/N-ethyl adjacent to an activating group) is 1. The van der Waals surface area contributed by atoms with Gasteiger partial charge in [0.25, 0.3) is 0 Å². The van der Waals surface area contributed by atoms with E-state index in [9.17, 15) is 0 Å². The van der Waals surface area contributed by atoms with Gasteiger partial charge in [0.1, 0.15) is 0 Å². The van der Waals surface area contributed by atoms with Crippen molar-refractivity contribution in [2.24, 2.45) is 17.8 Å². The molecule has 114 valence electrons. The van der Waals surface area contributed by atoms with Crippen molar-refractivity contribution in [3.05, 3.63) is 0 Å². The van der Waals surface area contributed by atoms with Crippen LogP contribution in [0.25, 0.3) is 0 Å². The highest BCUT2D eigenvalue weighted by molar-refractivity contribution is 4.80. The van der Waals surface area contributed by atoms with Gasteiger partial charge in [-0.15, -0.1) is 0 Å². The third-order valence-electron chi connectivity index (χ3n) is 5.00. The van der Waals surface area contributed by atoms with Crippen LogP contribution in [0.4, 0.5) is 0 Å². The molecular weight excluding hydrogens is 232 g/mol. The third-order valence-corrected chi connectivity index (χ3v) is 5.00. The summed E-state index contributed by atoms with van der Waals surface area (Å²) < 4.78 is 0. The molecule has 3 atom stereocenters. The van der Waals surface area contributed by atoms with Gasteiger partial charge in [-0.05, 0) is 51.1 Å². The Kier molecular flexibility index (Phi) is 7.38. The summed E-state index contributed by atoms with van der Waals surface area (Å²) in [5.41, 5.74) is 0. The van der Waals surface area contributed by atoms with Crippen LogP contribution < -0.4 is 5.32 Å². The van der Waals surface area contributed by atoms with E-state index in [1.807, 2.05) is 0 Å². The largest absolute Gasteiger partial charge is 0.312 e. The fourth-order valence-corrected chi connectivity index (χ4v) is 3.50. The Bertz CT molecular complexity index is 227. The van der Waals surface area contributed by atoms with Crippen molar-refractivity contribution in [1.29, 1.82) is 0 Å². The Balaban J connectivity index is 2.37. The van der Waals surface area contributed by atoms with Gasteiger partial charge in [0.05, 0.1) is 0 Å². The first-order chi connectivity index (χ1) is 8.91. The van der Waals surface area contributed by atoms with Crippen molar-refractivity contribution in [1.82, 2.24) is 10.2 Å². The number of hydrogen-bond donors (Lipinski definition) is 1. The molecule has 19 heavy (non-hydrogen) atoms. The minimum absolute atomic E-state index is 0.657. The van der Waals surface area contributed by atoms with Gasteiger partial charge < -0.3 is 10.2 Å². The summed E-state index contributed by atoms with van der Waals surface area (Å²) in [6.07, 6.45) is 7.03. The molecule has 3 unspecified atom stereocenters. The summed E-state index contributed by atoms with van der Waals surface area (Å²) in [6, 6.07) is 1.41. The molecule has 0 aromatic rings. The zero-order valence-electron chi connectivity index (χ0n) is 14.1. The predicted molar refractivity (Wildman–Crippen MR) is 85.5 cm³/mol. The van der Waals surface area contributed by atoms with Crippen molar-refractivity contribution >= 4 is 0 Å². The molecule has 1 fully saturated rings. The zero-order valence-corrected chi connectivity index (χ0v) is 14.1. The molecule has 2 heteroatoms. The maximum atomic E-state index is 3.84. The first-order valence-corrected chi connectivity index (χ1v) is 8.31. The van der Waals surface area contributed by atoms with Gasteiger partial charge in [-0.1, -0.05) is 40.5 Å². The monoisotopic (exact) mass is 268 g/mol. The van der Waals surface area contributed by atoms with Gasteiger partial charge in [0.2, 0.25) is 0 Å². The lowest BCUT2D eigenvalue weighted by molar-refractivity contribution is 0.215. The average Bonchev–Trinajstić information content (AvgIpc) is 2.53. The van der Waals surface area contributed by atoms with Crippen LogP contribution in [0.1, 0.15) is 59.8 Å². The fraction of sp³-hybridized carbons (Fsp3) is 1.00. The van der Waals surface area contributed by atoms with Crippen LogP contribution in [0.15, 0.2) is 0 Å². The Morgan fingerprint density at radius 2 is 1.68 bits per heavy atom. The summed E-state index contributed by atoms with van der Waals surface area (Å²) in [4.78, 5) is 2.37. The molecule has 0 spiro atoms. The molecule has 2 nitrogen and oxygen atoms in total. The minimum Gasteiger partial charge on any atom is -0.312 e. The molecule has 1 rings (SSSR count). The van der Waals surface area contributed by atoms with E-state index in [1.54, 1.807) is 0 Å². The molecule has 0 saturated heterocycles. The Morgan fingerprint density at radius 3 is 2.21 bits per heavy atom. The van der Waals surface area contributed by atoms with Crippen LogP contribution in [-0.2, 0) is 0 Å². The van der Waals surface area contributed by atoms with Crippen LogP contribution in [0, 0.1) is 17.8 Å². The van der Waals surface area contributed by atoms with Crippen molar-refractivity contribution in [3.63, 3.8) is 0 Å². The maximum absolute atomic E-state index is 3.84. The molecule has 0 amide bonds. The van der Waals surface area contributed by atoms with E-state index in [2.05, 4.69) is 52.0 Å². The van der Waals surface area contributed by atoms with Gasteiger partial charge in [-0.3, -0.25) is 0 Å². The molecule has 1 saturated carbocycles. The smallest absolute Gasteiger partial charge is 0.0237 e. The second-order valence-corrected chi connectivity index (χ2v) is 7.39. The number of nitrogens with zero attached hydrogens (tertiary/aromatic N) is 1. The molecule has 0 bridgehead atoms. The highest BCUT2D eigenvalue weighted by Gasteiger charge is 2.22. The maximum Gasteiger partial charge on any atom is 0.0237 e. The van der Waals surface area contributed by atoms with Crippen molar-refractivity contribution in [2.75, 3.05) is 20.6 Å². The SMILES string of the molecule is CC(C)C1CCCC(NCC(C(C)C)N(C)C)CC1. The number of nitrogens with one attached hydrogen (secondary N) is 1. The lowest BCUT2D eigenvalue weighted by atomic mass is 9.89. The molecule has 0 aliphatic heterocycles. The summed E-state index contributed by atoms with van der Waals surface area (Å²) in [5, 5.41) is 3.84. The number of hydrogen-bond acceptors (Lipinski definition) is 2. The van der Waals surface area contributed by atoms with Crippen molar-refractivity contribution in [3.8, 4) is 0 Å².